The SMILES string of the molecule is COc1ccccc1C[C@@H](CNC(=O)[C@@H]1CCCN1C(=O)c1cccs1)C(=O)O. The fraction of sp³-hybridized carbons (Fsp3) is 0.381. The maximum absolute atomic E-state index is 12.7. The van der Waals surface area contributed by atoms with E-state index < -0.39 is 17.9 Å². The van der Waals surface area contributed by atoms with Crippen LogP contribution < -0.4 is 10.1 Å². The van der Waals surface area contributed by atoms with Crippen molar-refractivity contribution in [3.8, 4) is 5.75 Å². The molecular weight excluding hydrogens is 392 g/mol. The Morgan fingerprint density at radius 2 is 2.07 bits per heavy atom. The third kappa shape index (κ3) is 4.95. The first-order chi connectivity index (χ1) is 14.0. The summed E-state index contributed by atoms with van der Waals surface area (Å²) in [5.74, 6) is -1.62. The van der Waals surface area contributed by atoms with Gasteiger partial charge in [-0.1, -0.05) is 24.3 Å². The number of carbonyl (C=O) groups is 3. The minimum atomic E-state index is -0.992. The molecule has 7 nitrogen and oxygen atoms in total. The van der Waals surface area contributed by atoms with Crippen LogP contribution in [0.5, 0.6) is 5.75 Å². The van der Waals surface area contributed by atoms with E-state index in [1.807, 2.05) is 23.6 Å². The van der Waals surface area contributed by atoms with Gasteiger partial charge in [0, 0.05) is 13.1 Å². The molecule has 29 heavy (non-hydrogen) atoms. The molecule has 0 radical (unpaired) electrons. The van der Waals surface area contributed by atoms with Gasteiger partial charge in [0.15, 0.2) is 0 Å². The number of carboxylic acid groups (broad SMARTS) is 1. The lowest BCUT2D eigenvalue weighted by Crippen LogP contribution is -2.47. The first-order valence-electron chi connectivity index (χ1n) is 9.48. The van der Waals surface area contributed by atoms with E-state index >= 15 is 0 Å². The highest BCUT2D eigenvalue weighted by molar-refractivity contribution is 7.12. The third-order valence-corrected chi connectivity index (χ3v) is 5.94. The first kappa shape index (κ1) is 20.9. The number of amides is 2. The Morgan fingerprint density at radius 1 is 1.28 bits per heavy atom. The van der Waals surface area contributed by atoms with E-state index in [0.29, 0.717) is 23.6 Å². The summed E-state index contributed by atoms with van der Waals surface area (Å²) in [6.07, 6.45) is 1.56. The van der Waals surface area contributed by atoms with Crippen LogP contribution in [0.2, 0.25) is 0 Å². The van der Waals surface area contributed by atoms with Gasteiger partial charge in [-0.2, -0.15) is 0 Å². The Bertz CT molecular complexity index is 868. The lowest BCUT2D eigenvalue weighted by Gasteiger charge is -2.24. The number of nitrogens with one attached hydrogen (secondary N) is 1. The first-order valence-corrected chi connectivity index (χ1v) is 10.4. The van der Waals surface area contributed by atoms with Gasteiger partial charge in [-0.05, 0) is 42.3 Å². The fourth-order valence-electron chi connectivity index (χ4n) is 3.55. The average molecular weight is 416 g/mol. The van der Waals surface area contributed by atoms with E-state index in [2.05, 4.69) is 5.32 Å². The highest BCUT2D eigenvalue weighted by atomic mass is 32.1. The average Bonchev–Trinajstić information content (AvgIpc) is 3.42. The zero-order valence-corrected chi connectivity index (χ0v) is 17.0. The van der Waals surface area contributed by atoms with Crippen molar-refractivity contribution < 1.29 is 24.2 Å². The van der Waals surface area contributed by atoms with Crippen molar-refractivity contribution in [2.24, 2.45) is 5.92 Å². The molecular formula is C21H24N2O5S. The monoisotopic (exact) mass is 416 g/mol. The number of methoxy groups -OCH3 is 1. The van der Waals surface area contributed by atoms with Crippen LogP contribution in [0.15, 0.2) is 41.8 Å². The molecule has 1 saturated heterocycles. The second kappa shape index (κ2) is 9.56. The van der Waals surface area contributed by atoms with Gasteiger partial charge < -0.3 is 20.1 Å². The molecule has 0 unspecified atom stereocenters. The molecule has 154 valence electrons. The molecule has 3 rings (SSSR count). The van der Waals surface area contributed by atoms with E-state index in [9.17, 15) is 19.5 Å². The number of rotatable bonds is 8. The van der Waals surface area contributed by atoms with E-state index in [0.717, 1.165) is 12.0 Å². The molecule has 1 aliphatic heterocycles. The van der Waals surface area contributed by atoms with Crippen molar-refractivity contribution in [3.63, 3.8) is 0 Å². The van der Waals surface area contributed by atoms with Crippen molar-refractivity contribution in [1.29, 1.82) is 0 Å². The molecule has 0 saturated carbocycles. The highest BCUT2D eigenvalue weighted by Gasteiger charge is 2.35. The topological polar surface area (TPSA) is 95.9 Å². The molecule has 2 N–H and O–H groups in total. The molecule has 0 aliphatic carbocycles. The van der Waals surface area contributed by atoms with Crippen molar-refractivity contribution >= 4 is 29.1 Å². The molecule has 1 aromatic carbocycles. The lowest BCUT2D eigenvalue weighted by molar-refractivity contribution is -0.141. The Labute approximate surface area is 173 Å². The number of hydrogen-bond acceptors (Lipinski definition) is 5. The predicted octanol–water partition coefficient (Wildman–Crippen LogP) is 2.42. The Hall–Kier alpha value is -2.87. The van der Waals surface area contributed by atoms with Gasteiger partial charge in [0.25, 0.3) is 5.91 Å². The number of nitrogens with zero attached hydrogens (tertiary/aromatic N) is 1. The molecule has 0 spiro atoms. The number of carboxylic acids is 1. The molecule has 1 fully saturated rings. The Balaban J connectivity index is 1.62. The number of benzene rings is 1. The summed E-state index contributed by atoms with van der Waals surface area (Å²) in [7, 11) is 1.54. The van der Waals surface area contributed by atoms with Crippen LogP contribution in [0, 0.1) is 5.92 Å². The van der Waals surface area contributed by atoms with Crippen molar-refractivity contribution in [3.05, 3.63) is 52.2 Å². The molecule has 2 atom stereocenters. The smallest absolute Gasteiger partial charge is 0.308 e. The molecule has 8 heteroatoms. The zero-order chi connectivity index (χ0) is 20.8. The quantitative estimate of drug-likeness (QED) is 0.689. The van der Waals surface area contributed by atoms with E-state index in [4.69, 9.17) is 4.74 Å². The van der Waals surface area contributed by atoms with Gasteiger partial charge in [-0.3, -0.25) is 14.4 Å². The number of hydrogen-bond donors (Lipinski definition) is 2. The van der Waals surface area contributed by atoms with Crippen LogP contribution in [0.4, 0.5) is 0 Å². The van der Waals surface area contributed by atoms with Gasteiger partial charge in [-0.25, -0.2) is 0 Å². The zero-order valence-electron chi connectivity index (χ0n) is 16.2. The number of aliphatic carboxylic acids is 1. The van der Waals surface area contributed by atoms with Crippen molar-refractivity contribution in [2.75, 3.05) is 20.2 Å². The van der Waals surface area contributed by atoms with E-state index in [1.165, 1.54) is 18.4 Å². The summed E-state index contributed by atoms with van der Waals surface area (Å²) in [5.41, 5.74) is 0.770. The maximum atomic E-state index is 12.7. The summed E-state index contributed by atoms with van der Waals surface area (Å²) in [6.45, 7) is 0.516. The third-order valence-electron chi connectivity index (χ3n) is 5.08. The molecule has 1 aromatic heterocycles. The normalized spacial score (nSPS) is 17.0. The van der Waals surface area contributed by atoms with Gasteiger partial charge in [-0.15, -0.1) is 11.3 Å². The van der Waals surface area contributed by atoms with Crippen LogP contribution in [0.1, 0.15) is 28.1 Å². The predicted molar refractivity (Wildman–Crippen MR) is 109 cm³/mol. The molecule has 1 aliphatic rings. The summed E-state index contributed by atoms with van der Waals surface area (Å²) in [6, 6.07) is 10.2. The van der Waals surface area contributed by atoms with Gasteiger partial charge >= 0.3 is 5.97 Å². The maximum Gasteiger partial charge on any atom is 0.308 e. The summed E-state index contributed by atoms with van der Waals surface area (Å²) < 4.78 is 5.29. The van der Waals surface area contributed by atoms with Gasteiger partial charge in [0.1, 0.15) is 11.8 Å². The largest absolute Gasteiger partial charge is 0.496 e. The number of likely N-dealkylation sites (tertiary alicyclic amines) is 1. The Kier molecular flexibility index (Phi) is 6.87. The van der Waals surface area contributed by atoms with Crippen LogP contribution in [-0.2, 0) is 16.0 Å². The highest BCUT2D eigenvalue weighted by Crippen LogP contribution is 2.23. The Morgan fingerprint density at radius 3 is 2.76 bits per heavy atom. The van der Waals surface area contributed by atoms with E-state index in [1.54, 1.807) is 23.1 Å². The summed E-state index contributed by atoms with van der Waals surface area (Å²) >= 11 is 1.35. The van der Waals surface area contributed by atoms with Crippen LogP contribution >= 0.6 is 11.3 Å². The molecule has 2 aromatic rings. The molecule has 2 amide bonds. The van der Waals surface area contributed by atoms with Gasteiger partial charge in [0.05, 0.1) is 17.9 Å². The second-order valence-corrected chi connectivity index (χ2v) is 7.88. The molecule has 0 bridgehead atoms. The number of thiophene rings is 1. The van der Waals surface area contributed by atoms with Crippen molar-refractivity contribution in [1.82, 2.24) is 10.2 Å². The lowest BCUT2D eigenvalue weighted by atomic mass is 9.98. The van der Waals surface area contributed by atoms with E-state index in [-0.39, 0.29) is 24.8 Å². The minimum absolute atomic E-state index is 0.0102. The number of ether oxygens (including phenoxy) is 1. The number of para-hydroxylation sites is 1. The number of carbonyl (C=O) groups excluding carboxylic acids is 2. The van der Waals surface area contributed by atoms with Crippen molar-refractivity contribution in [2.45, 2.75) is 25.3 Å². The fourth-order valence-corrected chi connectivity index (χ4v) is 4.23. The van der Waals surface area contributed by atoms with Crippen LogP contribution in [-0.4, -0.2) is 54.0 Å². The van der Waals surface area contributed by atoms with Crippen LogP contribution in [0.25, 0.3) is 0 Å². The second-order valence-electron chi connectivity index (χ2n) is 6.93. The summed E-state index contributed by atoms with van der Waals surface area (Å²) in [4.78, 5) is 39.2. The minimum Gasteiger partial charge on any atom is -0.496 e. The van der Waals surface area contributed by atoms with Gasteiger partial charge in [0.2, 0.25) is 5.91 Å². The standard InChI is InChI=1S/C21H24N2O5S/c1-28-17-8-3-2-6-14(17)12-15(21(26)27)13-22-19(24)16-7-4-10-23(16)20(25)18-9-5-11-29-18/h2-3,5-6,8-9,11,15-16H,4,7,10,12-13H2,1H3,(H,22,24)(H,26,27)/t15-,16-/m0/s1. The summed E-state index contributed by atoms with van der Waals surface area (Å²) in [5, 5.41) is 14.2. The van der Waals surface area contributed by atoms with Crippen LogP contribution in [0.3, 0.4) is 0 Å². The molecule has 2 heterocycles.